The van der Waals surface area contributed by atoms with Crippen LogP contribution in [0.3, 0.4) is 0 Å². The molecule has 1 heterocycles. The minimum Gasteiger partial charge on any atom is -0.305 e. The number of anilines is 1. The van der Waals surface area contributed by atoms with Gasteiger partial charge in [0.05, 0.1) is 6.20 Å². The molecule has 0 aliphatic heterocycles. The van der Waals surface area contributed by atoms with E-state index in [1.165, 1.54) is 0 Å². The Bertz CT molecular complexity index is 174. The van der Waals surface area contributed by atoms with Crippen molar-refractivity contribution in [2.75, 3.05) is 12.0 Å². The predicted molar refractivity (Wildman–Crippen MR) is 39.3 cm³/mol. The van der Waals surface area contributed by atoms with Gasteiger partial charge < -0.3 is 5.43 Å². The zero-order chi connectivity index (χ0) is 7.23. The maximum absolute atomic E-state index is 3.98. The van der Waals surface area contributed by atoms with Gasteiger partial charge in [0.2, 0.25) is 0 Å². The molecule has 4 heteroatoms. The van der Waals surface area contributed by atoms with E-state index in [2.05, 4.69) is 20.8 Å². The fourth-order valence-electron chi connectivity index (χ4n) is 0.543. The third-order valence-electron chi connectivity index (χ3n) is 0.956. The van der Waals surface area contributed by atoms with Gasteiger partial charge in [0.1, 0.15) is 0 Å². The Hall–Kier alpha value is -1.16. The third kappa shape index (κ3) is 1.99. The van der Waals surface area contributed by atoms with Crippen LogP contribution in [0.25, 0.3) is 0 Å². The molecule has 0 unspecified atom stereocenters. The average Bonchev–Trinajstić information content (AvgIpc) is 2.03. The van der Waals surface area contributed by atoms with Crippen molar-refractivity contribution < 1.29 is 0 Å². The number of hydrogen-bond acceptors (Lipinski definition) is 4. The van der Waals surface area contributed by atoms with Crippen molar-refractivity contribution in [3.63, 3.8) is 0 Å². The van der Waals surface area contributed by atoms with Gasteiger partial charge >= 0.3 is 0 Å². The lowest BCUT2D eigenvalue weighted by Crippen LogP contribution is -2.21. The molecule has 0 atom stereocenters. The minimum absolute atomic E-state index is 0.740. The van der Waals surface area contributed by atoms with Crippen LogP contribution in [-0.2, 0) is 0 Å². The Morgan fingerprint density at radius 1 is 1.50 bits per heavy atom. The van der Waals surface area contributed by atoms with E-state index in [1.54, 1.807) is 18.6 Å². The SMILES string of the molecule is CCNNc1cnccn1. The number of nitrogens with one attached hydrogen (secondary N) is 2. The van der Waals surface area contributed by atoms with E-state index in [4.69, 9.17) is 0 Å². The van der Waals surface area contributed by atoms with Gasteiger partial charge in [-0.05, 0) is 0 Å². The molecule has 0 aliphatic rings. The minimum atomic E-state index is 0.740. The largest absolute Gasteiger partial charge is 0.305 e. The Balaban J connectivity index is 2.43. The van der Waals surface area contributed by atoms with E-state index >= 15 is 0 Å². The fraction of sp³-hybridized carbons (Fsp3) is 0.333. The van der Waals surface area contributed by atoms with Gasteiger partial charge in [0.25, 0.3) is 0 Å². The molecule has 0 radical (unpaired) electrons. The van der Waals surface area contributed by atoms with Gasteiger partial charge in [0, 0.05) is 18.9 Å². The van der Waals surface area contributed by atoms with Crippen LogP contribution in [0.4, 0.5) is 5.82 Å². The standard InChI is InChI=1S/C6H10N4/c1-2-9-10-6-5-7-3-4-8-6/h3-5,9H,2H2,1H3,(H,8,10). The van der Waals surface area contributed by atoms with Gasteiger partial charge in [-0.15, -0.1) is 0 Å². The molecule has 10 heavy (non-hydrogen) atoms. The molecule has 0 fully saturated rings. The van der Waals surface area contributed by atoms with Crippen molar-refractivity contribution in [3.8, 4) is 0 Å². The van der Waals surface area contributed by atoms with E-state index in [-0.39, 0.29) is 0 Å². The zero-order valence-electron chi connectivity index (χ0n) is 5.83. The Kier molecular flexibility index (Phi) is 2.63. The lowest BCUT2D eigenvalue weighted by molar-refractivity contribution is 0.834. The molecule has 1 aromatic heterocycles. The average molecular weight is 138 g/mol. The van der Waals surface area contributed by atoms with Crippen LogP contribution >= 0.6 is 0 Å². The summed E-state index contributed by atoms with van der Waals surface area (Å²) in [4.78, 5) is 7.85. The van der Waals surface area contributed by atoms with Crippen LogP contribution < -0.4 is 10.9 Å². The van der Waals surface area contributed by atoms with Crippen LogP contribution in [-0.4, -0.2) is 16.5 Å². The highest BCUT2D eigenvalue weighted by Crippen LogP contribution is 1.92. The van der Waals surface area contributed by atoms with E-state index in [0.29, 0.717) is 0 Å². The summed E-state index contributed by atoms with van der Waals surface area (Å²) >= 11 is 0. The molecule has 1 aromatic rings. The quantitative estimate of drug-likeness (QED) is 0.594. The number of hydrazine groups is 1. The van der Waals surface area contributed by atoms with Crippen molar-refractivity contribution in [3.05, 3.63) is 18.6 Å². The fourth-order valence-corrected chi connectivity index (χ4v) is 0.543. The number of aromatic nitrogens is 2. The number of nitrogens with zero attached hydrogens (tertiary/aromatic N) is 2. The maximum Gasteiger partial charge on any atom is 0.158 e. The van der Waals surface area contributed by atoms with Gasteiger partial charge in [-0.2, -0.15) is 0 Å². The monoisotopic (exact) mass is 138 g/mol. The van der Waals surface area contributed by atoms with Crippen LogP contribution in [0, 0.1) is 0 Å². The molecule has 4 nitrogen and oxygen atoms in total. The first-order valence-electron chi connectivity index (χ1n) is 3.18. The summed E-state index contributed by atoms with van der Waals surface area (Å²) in [5.41, 5.74) is 5.78. The highest BCUT2D eigenvalue weighted by atomic mass is 15.4. The van der Waals surface area contributed by atoms with E-state index in [0.717, 1.165) is 12.4 Å². The van der Waals surface area contributed by atoms with Crippen LogP contribution in [0.1, 0.15) is 6.92 Å². The first kappa shape index (κ1) is 6.95. The van der Waals surface area contributed by atoms with Crippen LogP contribution in [0.15, 0.2) is 18.6 Å². The van der Waals surface area contributed by atoms with Gasteiger partial charge in [-0.1, -0.05) is 6.92 Å². The summed E-state index contributed by atoms with van der Waals surface area (Å²) in [6.07, 6.45) is 4.93. The van der Waals surface area contributed by atoms with Crippen molar-refractivity contribution in [1.29, 1.82) is 0 Å². The highest BCUT2D eigenvalue weighted by Gasteiger charge is 1.85. The summed E-state index contributed by atoms with van der Waals surface area (Å²) in [5.74, 6) is 0.740. The molecule has 0 aromatic carbocycles. The summed E-state index contributed by atoms with van der Waals surface area (Å²) in [7, 11) is 0. The molecule has 0 saturated carbocycles. The van der Waals surface area contributed by atoms with Crippen molar-refractivity contribution in [1.82, 2.24) is 15.4 Å². The molecule has 0 amide bonds. The summed E-state index contributed by atoms with van der Waals surface area (Å²) in [5, 5.41) is 0. The van der Waals surface area contributed by atoms with Crippen LogP contribution in [0.2, 0.25) is 0 Å². The molecular weight excluding hydrogens is 128 g/mol. The number of rotatable bonds is 3. The smallest absolute Gasteiger partial charge is 0.158 e. The Labute approximate surface area is 59.7 Å². The lowest BCUT2D eigenvalue weighted by atomic mass is 10.7. The molecule has 2 N–H and O–H groups in total. The summed E-state index contributed by atoms with van der Waals surface area (Å²) in [6.45, 7) is 2.86. The summed E-state index contributed by atoms with van der Waals surface area (Å²) in [6, 6.07) is 0. The second-order valence-electron chi connectivity index (χ2n) is 1.75. The van der Waals surface area contributed by atoms with Gasteiger partial charge in [-0.3, -0.25) is 4.98 Å². The second-order valence-corrected chi connectivity index (χ2v) is 1.75. The van der Waals surface area contributed by atoms with Crippen molar-refractivity contribution in [2.45, 2.75) is 6.92 Å². The van der Waals surface area contributed by atoms with E-state index < -0.39 is 0 Å². The first-order chi connectivity index (χ1) is 4.93. The highest BCUT2D eigenvalue weighted by molar-refractivity contribution is 5.27. The second kappa shape index (κ2) is 3.79. The topological polar surface area (TPSA) is 49.8 Å². The Morgan fingerprint density at radius 2 is 2.40 bits per heavy atom. The third-order valence-corrected chi connectivity index (χ3v) is 0.956. The Morgan fingerprint density at radius 3 is 3.00 bits per heavy atom. The maximum atomic E-state index is 3.98. The van der Waals surface area contributed by atoms with Gasteiger partial charge in [0.15, 0.2) is 5.82 Å². The van der Waals surface area contributed by atoms with Crippen molar-refractivity contribution >= 4 is 5.82 Å². The summed E-state index contributed by atoms with van der Waals surface area (Å²) < 4.78 is 0. The molecule has 1 rings (SSSR count). The molecule has 0 spiro atoms. The lowest BCUT2D eigenvalue weighted by Gasteiger charge is -2.02. The zero-order valence-corrected chi connectivity index (χ0v) is 5.83. The van der Waals surface area contributed by atoms with Crippen LogP contribution in [0.5, 0.6) is 0 Å². The van der Waals surface area contributed by atoms with Gasteiger partial charge in [-0.25, -0.2) is 10.4 Å². The molecule has 0 bridgehead atoms. The molecule has 54 valence electrons. The van der Waals surface area contributed by atoms with E-state index in [9.17, 15) is 0 Å². The molecule has 0 saturated heterocycles. The predicted octanol–water partition coefficient (Wildman–Crippen LogP) is 0.413. The number of hydrogen-bond donors (Lipinski definition) is 2. The normalized spacial score (nSPS) is 9.30. The first-order valence-corrected chi connectivity index (χ1v) is 3.18. The molecule has 0 aliphatic carbocycles. The van der Waals surface area contributed by atoms with Crippen molar-refractivity contribution in [2.24, 2.45) is 0 Å². The van der Waals surface area contributed by atoms with E-state index in [1.807, 2.05) is 6.92 Å². The molecular formula is C6H10N4.